The van der Waals surface area contributed by atoms with Gasteiger partial charge in [0.25, 0.3) is 5.91 Å². The van der Waals surface area contributed by atoms with Crippen LogP contribution in [-0.4, -0.2) is 38.2 Å². The first-order chi connectivity index (χ1) is 13.2. The number of anilines is 1. The second-order valence-corrected chi connectivity index (χ2v) is 6.55. The van der Waals surface area contributed by atoms with Crippen LogP contribution in [0.5, 0.6) is 5.75 Å². The molecule has 1 N–H and O–H groups in total. The number of rotatable bonds is 5. The summed E-state index contributed by atoms with van der Waals surface area (Å²) in [6.07, 6.45) is -0.323. The van der Waals surface area contributed by atoms with E-state index in [-0.39, 0.29) is 12.1 Å². The molecule has 0 bridgehead atoms. The van der Waals surface area contributed by atoms with Crippen molar-refractivity contribution in [1.82, 2.24) is 4.90 Å². The number of carbonyl (C=O) groups is 1. The van der Waals surface area contributed by atoms with Crippen molar-refractivity contribution in [2.24, 2.45) is 0 Å². The number of fused-ring (bicyclic) bond motifs is 2. The number of hydrogen-bond acceptors (Lipinski definition) is 4. The molecule has 4 rings (SSSR count). The Labute approximate surface area is 158 Å². The Morgan fingerprint density at radius 2 is 1.78 bits per heavy atom. The predicted octanol–water partition coefficient (Wildman–Crippen LogP) is 4.06. The summed E-state index contributed by atoms with van der Waals surface area (Å²) in [5, 5.41) is 5.67. The number of nitrogens with one attached hydrogen (secondary N) is 1. The molecule has 1 aliphatic heterocycles. The van der Waals surface area contributed by atoms with Crippen LogP contribution in [0.3, 0.4) is 0 Å². The van der Waals surface area contributed by atoms with E-state index in [4.69, 9.17) is 9.47 Å². The number of benzene rings is 3. The molecular weight excluding hydrogens is 340 g/mol. The molecule has 5 nitrogen and oxygen atoms in total. The molecule has 5 heteroatoms. The Hall–Kier alpha value is -3.05. The van der Waals surface area contributed by atoms with Crippen molar-refractivity contribution in [3.63, 3.8) is 0 Å². The molecule has 1 atom stereocenters. The molecule has 1 aliphatic rings. The SMILES string of the molecule is COCCOc1ccc2ccccc2c1C1Nc2ccccc2C(=O)N1C. The van der Waals surface area contributed by atoms with Gasteiger partial charge in [-0.2, -0.15) is 0 Å². The van der Waals surface area contributed by atoms with E-state index < -0.39 is 0 Å². The Bertz CT molecular complexity index is 986. The number of methoxy groups -OCH3 is 1. The maximum absolute atomic E-state index is 12.9. The zero-order valence-electron chi connectivity index (χ0n) is 15.4. The number of nitrogens with zero attached hydrogens (tertiary/aromatic N) is 1. The maximum atomic E-state index is 12.9. The Balaban J connectivity index is 1.84. The van der Waals surface area contributed by atoms with E-state index >= 15 is 0 Å². The Morgan fingerprint density at radius 1 is 1.00 bits per heavy atom. The number of para-hydroxylation sites is 1. The average molecular weight is 362 g/mol. The summed E-state index contributed by atoms with van der Waals surface area (Å²) in [6, 6.07) is 19.7. The third kappa shape index (κ3) is 3.11. The third-order valence-electron chi connectivity index (χ3n) is 4.91. The fraction of sp³-hybridized carbons (Fsp3) is 0.227. The van der Waals surface area contributed by atoms with E-state index in [0.29, 0.717) is 18.8 Å². The van der Waals surface area contributed by atoms with Gasteiger partial charge in [0.05, 0.1) is 12.2 Å². The van der Waals surface area contributed by atoms with Gasteiger partial charge in [-0.3, -0.25) is 4.79 Å². The molecule has 0 radical (unpaired) electrons. The molecule has 0 saturated carbocycles. The lowest BCUT2D eigenvalue weighted by atomic mass is 9.98. The van der Waals surface area contributed by atoms with Gasteiger partial charge in [-0.05, 0) is 29.0 Å². The third-order valence-corrected chi connectivity index (χ3v) is 4.91. The van der Waals surface area contributed by atoms with Crippen LogP contribution in [0, 0.1) is 0 Å². The van der Waals surface area contributed by atoms with E-state index in [9.17, 15) is 4.79 Å². The first-order valence-corrected chi connectivity index (χ1v) is 8.97. The van der Waals surface area contributed by atoms with Gasteiger partial charge >= 0.3 is 0 Å². The minimum Gasteiger partial charge on any atom is -0.491 e. The molecule has 3 aromatic rings. The number of carbonyl (C=O) groups excluding carboxylic acids is 1. The van der Waals surface area contributed by atoms with Gasteiger partial charge in [0.15, 0.2) is 0 Å². The van der Waals surface area contributed by atoms with E-state index in [1.807, 2.05) is 55.6 Å². The summed E-state index contributed by atoms with van der Waals surface area (Å²) < 4.78 is 11.1. The summed E-state index contributed by atoms with van der Waals surface area (Å²) in [7, 11) is 3.47. The first-order valence-electron chi connectivity index (χ1n) is 8.97. The molecule has 0 spiro atoms. The predicted molar refractivity (Wildman–Crippen MR) is 106 cm³/mol. The van der Waals surface area contributed by atoms with Crippen molar-refractivity contribution in [3.8, 4) is 5.75 Å². The fourth-order valence-corrected chi connectivity index (χ4v) is 3.53. The number of ether oxygens (including phenoxy) is 2. The lowest BCUT2D eigenvalue weighted by Gasteiger charge is -2.36. The van der Waals surface area contributed by atoms with Crippen LogP contribution in [-0.2, 0) is 4.74 Å². The smallest absolute Gasteiger partial charge is 0.257 e. The molecular formula is C22H22N2O3. The molecule has 0 saturated heterocycles. The van der Waals surface area contributed by atoms with Crippen LogP contribution in [0.25, 0.3) is 10.8 Å². The van der Waals surface area contributed by atoms with Crippen molar-refractivity contribution < 1.29 is 14.3 Å². The van der Waals surface area contributed by atoms with Crippen molar-refractivity contribution >= 4 is 22.4 Å². The van der Waals surface area contributed by atoms with Crippen LogP contribution in [0.2, 0.25) is 0 Å². The topological polar surface area (TPSA) is 50.8 Å². The van der Waals surface area contributed by atoms with Crippen LogP contribution in [0.4, 0.5) is 5.69 Å². The fourth-order valence-electron chi connectivity index (χ4n) is 3.53. The van der Waals surface area contributed by atoms with Gasteiger partial charge in [0.2, 0.25) is 0 Å². The van der Waals surface area contributed by atoms with Gasteiger partial charge in [-0.25, -0.2) is 0 Å². The summed E-state index contributed by atoms with van der Waals surface area (Å²) in [6.45, 7) is 0.949. The molecule has 0 aromatic heterocycles. The highest BCUT2D eigenvalue weighted by molar-refractivity contribution is 6.02. The van der Waals surface area contributed by atoms with Crippen LogP contribution in [0.15, 0.2) is 60.7 Å². The van der Waals surface area contributed by atoms with Crippen molar-refractivity contribution in [2.45, 2.75) is 6.17 Å². The highest BCUT2D eigenvalue weighted by Crippen LogP contribution is 2.39. The summed E-state index contributed by atoms with van der Waals surface area (Å²) in [5.74, 6) is 0.743. The molecule has 27 heavy (non-hydrogen) atoms. The van der Waals surface area contributed by atoms with E-state index in [0.717, 1.165) is 27.8 Å². The van der Waals surface area contributed by atoms with Gasteiger partial charge in [0, 0.05) is 25.4 Å². The van der Waals surface area contributed by atoms with Crippen molar-refractivity contribution in [1.29, 1.82) is 0 Å². The quantitative estimate of drug-likeness (QED) is 0.696. The molecule has 1 amide bonds. The van der Waals surface area contributed by atoms with Crippen LogP contribution in [0.1, 0.15) is 22.1 Å². The molecule has 3 aromatic carbocycles. The van der Waals surface area contributed by atoms with Gasteiger partial charge in [-0.1, -0.05) is 42.5 Å². The maximum Gasteiger partial charge on any atom is 0.257 e. The average Bonchev–Trinajstić information content (AvgIpc) is 2.71. The zero-order valence-corrected chi connectivity index (χ0v) is 15.4. The summed E-state index contributed by atoms with van der Waals surface area (Å²) in [4.78, 5) is 14.7. The minimum atomic E-state index is -0.323. The molecule has 1 heterocycles. The molecule has 1 unspecified atom stereocenters. The number of hydrogen-bond donors (Lipinski definition) is 1. The van der Waals surface area contributed by atoms with E-state index in [2.05, 4.69) is 17.4 Å². The highest BCUT2D eigenvalue weighted by atomic mass is 16.5. The van der Waals surface area contributed by atoms with E-state index in [1.54, 1.807) is 12.0 Å². The highest BCUT2D eigenvalue weighted by Gasteiger charge is 2.32. The number of amides is 1. The molecule has 138 valence electrons. The molecule has 0 fully saturated rings. The van der Waals surface area contributed by atoms with E-state index in [1.165, 1.54) is 0 Å². The second-order valence-electron chi connectivity index (χ2n) is 6.55. The zero-order chi connectivity index (χ0) is 18.8. The largest absolute Gasteiger partial charge is 0.491 e. The van der Waals surface area contributed by atoms with Gasteiger partial charge in [0.1, 0.15) is 18.5 Å². The Morgan fingerprint density at radius 3 is 2.63 bits per heavy atom. The molecule has 0 aliphatic carbocycles. The first kappa shape index (κ1) is 17.4. The van der Waals surface area contributed by atoms with Crippen molar-refractivity contribution in [3.05, 3.63) is 71.8 Å². The standard InChI is InChI=1S/C22H22N2O3/c1-24-21(23-18-10-6-5-9-17(18)22(24)25)20-16-8-4-3-7-15(16)11-12-19(20)27-14-13-26-2/h3-12,21,23H,13-14H2,1-2H3. The van der Waals surface area contributed by atoms with Gasteiger partial charge in [-0.15, -0.1) is 0 Å². The van der Waals surface area contributed by atoms with Gasteiger partial charge < -0.3 is 19.7 Å². The summed E-state index contributed by atoms with van der Waals surface area (Å²) in [5.41, 5.74) is 2.47. The second kappa shape index (κ2) is 7.29. The Kier molecular flexibility index (Phi) is 4.69. The summed E-state index contributed by atoms with van der Waals surface area (Å²) >= 11 is 0. The van der Waals surface area contributed by atoms with Crippen molar-refractivity contribution in [2.75, 3.05) is 32.7 Å². The normalized spacial score (nSPS) is 16.1. The van der Waals surface area contributed by atoms with Crippen LogP contribution >= 0.6 is 0 Å². The van der Waals surface area contributed by atoms with Crippen LogP contribution < -0.4 is 10.1 Å². The lowest BCUT2D eigenvalue weighted by Crippen LogP contribution is -2.40. The monoisotopic (exact) mass is 362 g/mol. The minimum absolute atomic E-state index is 0.00914. The lowest BCUT2D eigenvalue weighted by molar-refractivity contribution is 0.0733.